The number of hydrogen-bond donors (Lipinski definition) is 1. The van der Waals surface area contributed by atoms with Gasteiger partial charge in [-0.3, -0.25) is 9.59 Å². The quantitative estimate of drug-likeness (QED) is 0.814. The molecular formula is C13H23NO3. The van der Waals surface area contributed by atoms with Crippen molar-refractivity contribution in [2.75, 3.05) is 13.2 Å². The molecule has 1 saturated heterocycles. The summed E-state index contributed by atoms with van der Waals surface area (Å²) in [5.41, 5.74) is 0. The van der Waals surface area contributed by atoms with E-state index in [2.05, 4.69) is 19.2 Å². The van der Waals surface area contributed by atoms with E-state index >= 15 is 0 Å². The molecule has 0 saturated carbocycles. The Bertz CT molecular complexity index is 263. The fourth-order valence-corrected chi connectivity index (χ4v) is 1.83. The Morgan fingerprint density at radius 3 is 2.94 bits per heavy atom. The summed E-state index contributed by atoms with van der Waals surface area (Å²) in [7, 11) is 0. The molecule has 4 heteroatoms. The van der Waals surface area contributed by atoms with Gasteiger partial charge in [0.25, 0.3) is 0 Å². The van der Waals surface area contributed by atoms with Gasteiger partial charge in [0.05, 0.1) is 6.04 Å². The van der Waals surface area contributed by atoms with E-state index < -0.39 is 0 Å². The maximum atomic E-state index is 11.7. The highest BCUT2D eigenvalue weighted by Gasteiger charge is 2.21. The monoisotopic (exact) mass is 241 g/mol. The third-order valence-corrected chi connectivity index (χ3v) is 2.95. The maximum Gasteiger partial charge on any atom is 0.220 e. The molecule has 1 atom stereocenters. The van der Waals surface area contributed by atoms with Crippen LogP contribution in [0.15, 0.2) is 0 Å². The molecule has 1 aliphatic rings. The van der Waals surface area contributed by atoms with Crippen LogP contribution >= 0.6 is 0 Å². The van der Waals surface area contributed by atoms with Crippen LogP contribution in [0.4, 0.5) is 0 Å². The van der Waals surface area contributed by atoms with Gasteiger partial charge in [-0.1, -0.05) is 13.8 Å². The fraction of sp³-hybridized carbons (Fsp3) is 0.846. The van der Waals surface area contributed by atoms with E-state index in [1.807, 2.05) is 0 Å². The largest absolute Gasteiger partial charge is 0.374 e. The van der Waals surface area contributed by atoms with Crippen LogP contribution in [0, 0.1) is 5.92 Å². The van der Waals surface area contributed by atoms with E-state index in [1.54, 1.807) is 0 Å². The Morgan fingerprint density at radius 2 is 2.24 bits per heavy atom. The maximum absolute atomic E-state index is 11.7. The van der Waals surface area contributed by atoms with Crippen LogP contribution in [-0.2, 0) is 14.3 Å². The lowest BCUT2D eigenvalue weighted by molar-refractivity contribution is -0.131. The summed E-state index contributed by atoms with van der Waals surface area (Å²) >= 11 is 0. The van der Waals surface area contributed by atoms with Gasteiger partial charge in [0.2, 0.25) is 5.91 Å². The van der Waals surface area contributed by atoms with Crippen LogP contribution in [0.1, 0.15) is 46.0 Å². The van der Waals surface area contributed by atoms with Crippen molar-refractivity contribution in [3.05, 3.63) is 0 Å². The molecule has 1 aliphatic heterocycles. The zero-order valence-corrected chi connectivity index (χ0v) is 10.8. The number of hydrogen-bond acceptors (Lipinski definition) is 3. The van der Waals surface area contributed by atoms with E-state index in [1.165, 1.54) is 0 Å². The Balaban J connectivity index is 2.35. The lowest BCUT2D eigenvalue weighted by Crippen LogP contribution is -2.43. The summed E-state index contributed by atoms with van der Waals surface area (Å²) in [6, 6.07) is -0.338. The molecule has 0 bridgehead atoms. The molecule has 98 valence electrons. The Morgan fingerprint density at radius 1 is 1.47 bits per heavy atom. The molecule has 17 heavy (non-hydrogen) atoms. The standard InChI is InChI=1S/C13H23NO3/c1-10(2)6-7-13(16)14-11-5-3-4-8-17-9-12(11)15/h10-11H,3-9H2,1-2H3,(H,14,16)/t11-/m0/s1. The number of carbonyl (C=O) groups excluding carboxylic acids is 2. The lowest BCUT2D eigenvalue weighted by atomic mass is 10.0. The number of ketones is 1. The minimum absolute atomic E-state index is 0.00240. The lowest BCUT2D eigenvalue weighted by Gasteiger charge is -2.20. The van der Waals surface area contributed by atoms with Gasteiger partial charge in [-0.25, -0.2) is 0 Å². The highest BCUT2D eigenvalue weighted by Crippen LogP contribution is 2.08. The average molecular weight is 241 g/mol. The molecule has 1 rings (SSSR count). The number of rotatable bonds is 4. The second-order valence-electron chi connectivity index (χ2n) is 5.07. The smallest absolute Gasteiger partial charge is 0.220 e. The Labute approximate surface area is 103 Å². The van der Waals surface area contributed by atoms with Gasteiger partial charge in [0, 0.05) is 13.0 Å². The van der Waals surface area contributed by atoms with Crippen molar-refractivity contribution in [3.63, 3.8) is 0 Å². The second kappa shape index (κ2) is 7.43. The predicted octanol–water partition coefficient (Wildman–Crippen LogP) is 1.68. The van der Waals surface area contributed by atoms with Crippen molar-refractivity contribution < 1.29 is 14.3 Å². The molecule has 0 radical (unpaired) electrons. The number of Topliss-reactive ketones (excluding diaryl/α,β-unsaturated/α-hetero) is 1. The Hall–Kier alpha value is -0.900. The minimum Gasteiger partial charge on any atom is -0.374 e. The van der Waals surface area contributed by atoms with Crippen molar-refractivity contribution in [3.8, 4) is 0 Å². The number of nitrogens with one attached hydrogen (secondary N) is 1. The summed E-state index contributed by atoms with van der Waals surface area (Å²) in [5, 5.41) is 2.82. The average Bonchev–Trinajstić information content (AvgIpc) is 2.26. The fourth-order valence-electron chi connectivity index (χ4n) is 1.83. The van der Waals surface area contributed by atoms with Crippen LogP contribution in [-0.4, -0.2) is 30.9 Å². The summed E-state index contributed by atoms with van der Waals surface area (Å²) in [6.07, 6.45) is 4.01. The first kappa shape index (κ1) is 14.2. The van der Waals surface area contributed by atoms with Gasteiger partial charge in [-0.2, -0.15) is 0 Å². The SMILES string of the molecule is CC(C)CCC(=O)N[C@H]1CCCCOCC1=O. The topological polar surface area (TPSA) is 55.4 Å². The van der Waals surface area contributed by atoms with E-state index in [0.29, 0.717) is 18.9 Å². The van der Waals surface area contributed by atoms with Gasteiger partial charge in [0.15, 0.2) is 5.78 Å². The molecule has 1 fully saturated rings. The van der Waals surface area contributed by atoms with E-state index in [0.717, 1.165) is 25.7 Å². The highest BCUT2D eigenvalue weighted by atomic mass is 16.5. The molecule has 0 aliphatic carbocycles. The van der Waals surface area contributed by atoms with Crippen LogP contribution < -0.4 is 5.32 Å². The van der Waals surface area contributed by atoms with Gasteiger partial charge < -0.3 is 10.1 Å². The van der Waals surface area contributed by atoms with Crippen LogP contribution in [0.3, 0.4) is 0 Å². The van der Waals surface area contributed by atoms with Crippen molar-refractivity contribution in [1.82, 2.24) is 5.32 Å². The molecule has 0 spiro atoms. The first-order chi connectivity index (χ1) is 8.09. The van der Waals surface area contributed by atoms with Gasteiger partial charge >= 0.3 is 0 Å². The normalized spacial score (nSPS) is 22.1. The van der Waals surface area contributed by atoms with Crippen molar-refractivity contribution >= 4 is 11.7 Å². The molecular weight excluding hydrogens is 218 g/mol. The summed E-state index contributed by atoms with van der Waals surface area (Å²) in [6.45, 7) is 4.96. The third-order valence-electron chi connectivity index (χ3n) is 2.95. The minimum atomic E-state index is -0.338. The number of carbonyl (C=O) groups is 2. The van der Waals surface area contributed by atoms with Gasteiger partial charge in [-0.05, 0) is 31.6 Å². The van der Waals surface area contributed by atoms with Crippen molar-refractivity contribution in [2.24, 2.45) is 5.92 Å². The van der Waals surface area contributed by atoms with Gasteiger partial charge in [0.1, 0.15) is 6.61 Å². The van der Waals surface area contributed by atoms with Crippen molar-refractivity contribution in [2.45, 2.75) is 52.0 Å². The molecule has 0 aromatic heterocycles. The van der Waals surface area contributed by atoms with Crippen molar-refractivity contribution in [1.29, 1.82) is 0 Å². The second-order valence-corrected chi connectivity index (χ2v) is 5.07. The predicted molar refractivity (Wildman–Crippen MR) is 65.7 cm³/mol. The zero-order valence-electron chi connectivity index (χ0n) is 10.8. The third kappa shape index (κ3) is 5.82. The molecule has 1 N–H and O–H groups in total. The van der Waals surface area contributed by atoms with Crippen LogP contribution in [0.2, 0.25) is 0 Å². The molecule has 1 amide bonds. The van der Waals surface area contributed by atoms with Gasteiger partial charge in [-0.15, -0.1) is 0 Å². The van der Waals surface area contributed by atoms with E-state index in [4.69, 9.17) is 4.74 Å². The Kier molecular flexibility index (Phi) is 6.19. The molecule has 0 unspecified atom stereocenters. The first-order valence-corrected chi connectivity index (χ1v) is 6.49. The van der Waals surface area contributed by atoms with Crippen LogP contribution in [0.25, 0.3) is 0 Å². The zero-order chi connectivity index (χ0) is 12.7. The first-order valence-electron chi connectivity index (χ1n) is 6.49. The molecule has 0 aromatic rings. The van der Waals surface area contributed by atoms with E-state index in [9.17, 15) is 9.59 Å². The number of ether oxygens (including phenoxy) is 1. The van der Waals surface area contributed by atoms with E-state index in [-0.39, 0.29) is 24.3 Å². The molecule has 4 nitrogen and oxygen atoms in total. The summed E-state index contributed by atoms with van der Waals surface area (Å²) in [4.78, 5) is 23.4. The van der Waals surface area contributed by atoms with Crippen LogP contribution in [0.5, 0.6) is 0 Å². The summed E-state index contributed by atoms with van der Waals surface area (Å²) < 4.78 is 5.20. The molecule has 1 heterocycles. The molecule has 0 aromatic carbocycles. The summed E-state index contributed by atoms with van der Waals surface area (Å²) in [5.74, 6) is 0.498. The number of amides is 1. The highest BCUT2D eigenvalue weighted by molar-refractivity contribution is 5.89.